The second-order valence-corrected chi connectivity index (χ2v) is 9.80. The van der Waals surface area contributed by atoms with Crippen LogP contribution in [0.1, 0.15) is 45.4 Å². The first-order valence-electron chi connectivity index (χ1n) is 11.2. The molecule has 4 saturated carbocycles. The highest BCUT2D eigenvalue weighted by Crippen LogP contribution is 2.61. The fraction of sp³-hybridized carbons (Fsp3) is 0.652. The molecular formula is C23H32N4O4. The molecule has 31 heavy (non-hydrogen) atoms. The van der Waals surface area contributed by atoms with Gasteiger partial charge in [0.05, 0.1) is 13.1 Å². The number of hydrogen-bond donors (Lipinski definition) is 1. The predicted molar refractivity (Wildman–Crippen MR) is 118 cm³/mol. The van der Waals surface area contributed by atoms with Crippen LogP contribution < -0.4 is 22.4 Å². The van der Waals surface area contributed by atoms with E-state index >= 15 is 0 Å². The van der Waals surface area contributed by atoms with Gasteiger partial charge in [-0.25, -0.2) is 28.1 Å². The van der Waals surface area contributed by atoms with Crippen molar-refractivity contribution in [1.29, 1.82) is 0 Å². The van der Waals surface area contributed by atoms with Crippen molar-refractivity contribution in [2.45, 2.75) is 71.1 Å². The molecule has 8 heteroatoms. The molecular weight excluding hydrogens is 396 g/mol. The largest absolute Gasteiger partial charge is 0.352 e. The van der Waals surface area contributed by atoms with E-state index in [4.69, 9.17) is 0 Å². The molecule has 4 aliphatic carbocycles. The van der Waals surface area contributed by atoms with E-state index in [0.717, 1.165) is 50.7 Å². The number of nitrogens with zero attached hydrogens (tertiary/aromatic N) is 3. The van der Waals surface area contributed by atoms with Gasteiger partial charge in [0.2, 0.25) is 5.91 Å². The van der Waals surface area contributed by atoms with Crippen LogP contribution in [-0.2, 0) is 24.4 Å². The van der Waals surface area contributed by atoms with Gasteiger partial charge in [0.15, 0.2) is 0 Å². The third-order valence-electron chi connectivity index (χ3n) is 7.69. The molecule has 0 spiro atoms. The molecule has 168 valence electrons. The van der Waals surface area contributed by atoms with Gasteiger partial charge < -0.3 is 5.32 Å². The van der Waals surface area contributed by atoms with Gasteiger partial charge in [-0.1, -0.05) is 12.2 Å². The maximum absolute atomic E-state index is 12.9. The molecule has 0 aliphatic heterocycles. The van der Waals surface area contributed by atoms with E-state index in [1.807, 2.05) is 0 Å². The topological polar surface area (TPSA) is 95.1 Å². The number of hydrogen-bond acceptors (Lipinski definition) is 4. The van der Waals surface area contributed by atoms with Crippen LogP contribution in [0, 0.1) is 23.2 Å². The lowest BCUT2D eigenvalue weighted by molar-refractivity contribution is -0.126. The van der Waals surface area contributed by atoms with Crippen molar-refractivity contribution in [3.05, 3.63) is 56.8 Å². The minimum absolute atomic E-state index is 0.0152. The standard InChI is InChI=1S/C23H32N4O4/c1-4-6-25-20(29)26(7-5-2)22(31)27(21(25)30)14-19(28)24-15(3)23-11-16-8-17(12-23)10-18(9-16)13-23/h4-5,15-18H,1-2,6-14H2,3H3,(H,24,28)/t15-,16?,17?,18?,23?/m1/s1. The van der Waals surface area contributed by atoms with Crippen molar-refractivity contribution in [3.8, 4) is 0 Å². The van der Waals surface area contributed by atoms with Crippen molar-refractivity contribution < 1.29 is 4.79 Å². The van der Waals surface area contributed by atoms with Gasteiger partial charge in [-0.2, -0.15) is 0 Å². The number of nitrogens with one attached hydrogen (secondary N) is 1. The monoisotopic (exact) mass is 428 g/mol. The molecule has 1 atom stereocenters. The lowest BCUT2D eigenvalue weighted by atomic mass is 9.48. The number of amides is 1. The highest BCUT2D eigenvalue weighted by atomic mass is 16.2. The predicted octanol–water partition coefficient (Wildman–Crippen LogP) is 1.26. The summed E-state index contributed by atoms with van der Waals surface area (Å²) in [6.45, 7) is 8.68. The lowest BCUT2D eigenvalue weighted by Crippen LogP contribution is -2.58. The third-order valence-corrected chi connectivity index (χ3v) is 7.69. The molecule has 1 aromatic heterocycles. The van der Waals surface area contributed by atoms with Crippen molar-refractivity contribution in [2.24, 2.45) is 23.2 Å². The van der Waals surface area contributed by atoms with Crippen LogP contribution in [0.25, 0.3) is 0 Å². The zero-order valence-corrected chi connectivity index (χ0v) is 18.2. The number of aromatic nitrogens is 3. The summed E-state index contributed by atoms with van der Waals surface area (Å²) >= 11 is 0. The van der Waals surface area contributed by atoms with Gasteiger partial charge in [-0.3, -0.25) is 4.79 Å². The van der Waals surface area contributed by atoms with Gasteiger partial charge in [-0.05, 0) is 68.6 Å². The normalized spacial score (nSPS) is 29.5. The maximum atomic E-state index is 12.9. The van der Waals surface area contributed by atoms with Crippen LogP contribution in [0.15, 0.2) is 39.7 Å². The molecule has 0 aromatic carbocycles. The van der Waals surface area contributed by atoms with E-state index in [1.54, 1.807) is 0 Å². The molecule has 1 heterocycles. The van der Waals surface area contributed by atoms with Crippen LogP contribution >= 0.6 is 0 Å². The Kier molecular flexibility index (Phi) is 5.66. The van der Waals surface area contributed by atoms with Crippen LogP contribution in [0.5, 0.6) is 0 Å². The summed E-state index contributed by atoms with van der Waals surface area (Å²) in [6, 6.07) is -0.0152. The van der Waals surface area contributed by atoms with Crippen molar-refractivity contribution in [1.82, 2.24) is 19.0 Å². The van der Waals surface area contributed by atoms with Gasteiger partial charge >= 0.3 is 17.1 Å². The summed E-state index contributed by atoms with van der Waals surface area (Å²) < 4.78 is 2.65. The first kappa shape index (κ1) is 21.6. The summed E-state index contributed by atoms with van der Waals surface area (Å²) in [5.74, 6) is 1.92. The second kappa shape index (κ2) is 8.13. The molecule has 0 radical (unpaired) electrons. The molecule has 5 rings (SSSR count). The summed E-state index contributed by atoms with van der Waals surface area (Å²) in [4.78, 5) is 50.9. The third kappa shape index (κ3) is 3.77. The van der Waals surface area contributed by atoms with E-state index < -0.39 is 23.6 Å². The van der Waals surface area contributed by atoms with E-state index in [9.17, 15) is 19.2 Å². The molecule has 4 fully saturated rings. The average molecular weight is 429 g/mol. The van der Waals surface area contributed by atoms with Gasteiger partial charge in [0.1, 0.15) is 6.54 Å². The zero-order chi connectivity index (χ0) is 22.3. The fourth-order valence-electron chi connectivity index (χ4n) is 6.68. The molecule has 4 bridgehead atoms. The SMILES string of the molecule is C=CCn1c(=O)n(CC=C)c(=O)n(CC(=O)N[C@H](C)C23CC4CC(CC(C4)C2)C3)c1=O. The van der Waals surface area contributed by atoms with Gasteiger partial charge in [0.25, 0.3) is 0 Å². The van der Waals surface area contributed by atoms with E-state index in [-0.39, 0.29) is 30.5 Å². The Labute approximate surface area is 181 Å². The number of carbonyl (C=O) groups excluding carboxylic acids is 1. The molecule has 1 aromatic rings. The van der Waals surface area contributed by atoms with Crippen LogP contribution in [0.4, 0.5) is 0 Å². The van der Waals surface area contributed by atoms with Crippen LogP contribution in [0.3, 0.4) is 0 Å². The Morgan fingerprint density at radius 2 is 1.35 bits per heavy atom. The van der Waals surface area contributed by atoms with Crippen LogP contribution in [-0.4, -0.2) is 25.7 Å². The Hall–Kier alpha value is -2.64. The summed E-state index contributed by atoms with van der Waals surface area (Å²) in [5.41, 5.74) is -2.20. The first-order valence-corrected chi connectivity index (χ1v) is 11.2. The molecule has 4 aliphatic rings. The van der Waals surface area contributed by atoms with Gasteiger partial charge in [-0.15, -0.1) is 13.2 Å². The zero-order valence-electron chi connectivity index (χ0n) is 18.2. The van der Waals surface area contributed by atoms with E-state index in [2.05, 4.69) is 25.4 Å². The summed E-state index contributed by atoms with van der Waals surface area (Å²) in [5, 5.41) is 3.08. The average Bonchev–Trinajstić information content (AvgIpc) is 2.71. The molecule has 1 N–H and O–H groups in total. The summed E-state index contributed by atoms with van der Waals surface area (Å²) in [7, 11) is 0. The molecule has 8 nitrogen and oxygen atoms in total. The highest BCUT2D eigenvalue weighted by molar-refractivity contribution is 5.76. The maximum Gasteiger partial charge on any atom is 0.337 e. The number of allylic oxidation sites excluding steroid dienone is 2. The quantitative estimate of drug-likeness (QED) is 0.631. The highest BCUT2D eigenvalue weighted by Gasteiger charge is 2.53. The summed E-state index contributed by atoms with van der Waals surface area (Å²) in [6.07, 6.45) is 10.2. The second-order valence-electron chi connectivity index (χ2n) is 9.80. The van der Waals surface area contributed by atoms with Crippen molar-refractivity contribution >= 4 is 5.91 Å². The minimum Gasteiger partial charge on any atom is -0.352 e. The molecule has 0 saturated heterocycles. The molecule has 0 unspecified atom stereocenters. The Morgan fingerprint density at radius 3 is 1.77 bits per heavy atom. The number of rotatable bonds is 8. The molecule has 1 amide bonds. The minimum atomic E-state index is -0.798. The Morgan fingerprint density at radius 1 is 0.935 bits per heavy atom. The van der Waals surface area contributed by atoms with Crippen LogP contribution in [0.2, 0.25) is 0 Å². The number of carbonyl (C=O) groups is 1. The van der Waals surface area contributed by atoms with Gasteiger partial charge in [0, 0.05) is 6.04 Å². The van der Waals surface area contributed by atoms with Crippen molar-refractivity contribution in [2.75, 3.05) is 0 Å². The Bertz CT molecular complexity index is 993. The lowest BCUT2D eigenvalue weighted by Gasteiger charge is -2.59. The smallest absolute Gasteiger partial charge is 0.337 e. The van der Waals surface area contributed by atoms with Crippen molar-refractivity contribution in [3.63, 3.8) is 0 Å². The fourth-order valence-corrected chi connectivity index (χ4v) is 6.68. The van der Waals surface area contributed by atoms with E-state index in [1.165, 1.54) is 31.4 Å². The first-order chi connectivity index (χ1) is 14.8. The van der Waals surface area contributed by atoms with E-state index in [0.29, 0.717) is 0 Å². The Balaban J connectivity index is 1.57.